The second-order valence-corrected chi connectivity index (χ2v) is 6.12. The van der Waals surface area contributed by atoms with Crippen molar-refractivity contribution >= 4 is 33.2 Å². The zero-order valence-corrected chi connectivity index (χ0v) is 11.3. The number of hydrogen-bond acceptors (Lipinski definition) is 4. The van der Waals surface area contributed by atoms with Crippen molar-refractivity contribution in [3.8, 4) is 5.75 Å². The van der Waals surface area contributed by atoms with Crippen molar-refractivity contribution in [3.63, 3.8) is 0 Å². The lowest BCUT2D eigenvalue weighted by Crippen LogP contribution is -2.31. The maximum absolute atomic E-state index is 12.1. The van der Waals surface area contributed by atoms with Crippen LogP contribution in [0, 0.1) is 0 Å². The fourth-order valence-corrected chi connectivity index (χ4v) is 3.34. The molecule has 1 aromatic rings. The lowest BCUT2D eigenvalue weighted by Gasteiger charge is -2.13. The monoisotopic (exact) mass is 304 g/mol. The van der Waals surface area contributed by atoms with Crippen molar-refractivity contribution in [3.05, 3.63) is 14.7 Å². The van der Waals surface area contributed by atoms with Gasteiger partial charge in [-0.15, -0.1) is 11.3 Å². The van der Waals surface area contributed by atoms with Crippen molar-refractivity contribution in [1.29, 1.82) is 0 Å². The molecule has 0 aliphatic carbocycles. The first-order valence-corrected chi connectivity index (χ1v) is 6.61. The lowest BCUT2D eigenvalue weighted by molar-refractivity contribution is 0.0795. The number of carbonyl (C=O) groups excluding carboxylic acids is 1. The quantitative estimate of drug-likeness (QED) is 0.904. The van der Waals surface area contributed by atoms with Crippen molar-refractivity contribution in [2.24, 2.45) is 5.73 Å². The Bertz CT molecular complexity index is 408. The van der Waals surface area contributed by atoms with Gasteiger partial charge in [-0.25, -0.2) is 0 Å². The Morgan fingerprint density at radius 1 is 1.75 bits per heavy atom. The predicted molar refractivity (Wildman–Crippen MR) is 67.1 cm³/mol. The van der Waals surface area contributed by atoms with Gasteiger partial charge in [0, 0.05) is 25.2 Å². The van der Waals surface area contributed by atoms with Crippen LogP contribution in [0.15, 0.2) is 9.85 Å². The molecular weight excluding hydrogens is 292 g/mol. The molecule has 4 nitrogen and oxygen atoms in total. The summed E-state index contributed by atoms with van der Waals surface area (Å²) in [5.41, 5.74) is 5.78. The van der Waals surface area contributed by atoms with Crippen molar-refractivity contribution < 1.29 is 9.53 Å². The van der Waals surface area contributed by atoms with Gasteiger partial charge >= 0.3 is 0 Å². The third-order valence-corrected chi connectivity index (χ3v) is 4.37. The first kappa shape index (κ1) is 11.9. The summed E-state index contributed by atoms with van der Waals surface area (Å²) in [6, 6.07) is 1.88. The highest BCUT2D eigenvalue weighted by molar-refractivity contribution is 9.11. The molecule has 16 heavy (non-hydrogen) atoms. The van der Waals surface area contributed by atoms with Crippen LogP contribution in [-0.4, -0.2) is 37.0 Å². The van der Waals surface area contributed by atoms with E-state index < -0.39 is 0 Å². The summed E-state index contributed by atoms with van der Waals surface area (Å²) in [6.07, 6.45) is 0.884. The van der Waals surface area contributed by atoms with E-state index in [1.165, 1.54) is 11.3 Å². The van der Waals surface area contributed by atoms with Gasteiger partial charge in [0.1, 0.15) is 9.54 Å². The van der Waals surface area contributed by atoms with Crippen LogP contribution in [0.2, 0.25) is 0 Å². The summed E-state index contributed by atoms with van der Waals surface area (Å²) < 4.78 is 5.98. The molecule has 0 saturated carbocycles. The highest BCUT2D eigenvalue weighted by Crippen LogP contribution is 2.35. The molecule has 2 heterocycles. The van der Waals surface area contributed by atoms with Crippen LogP contribution in [0.1, 0.15) is 16.1 Å². The Hall–Kier alpha value is -0.590. The number of halogens is 1. The van der Waals surface area contributed by atoms with Crippen LogP contribution in [0.25, 0.3) is 0 Å². The van der Waals surface area contributed by atoms with Crippen LogP contribution < -0.4 is 10.5 Å². The van der Waals surface area contributed by atoms with Gasteiger partial charge in [-0.3, -0.25) is 4.79 Å². The number of hydrogen-bond donors (Lipinski definition) is 1. The Morgan fingerprint density at radius 2 is 2.50 bits per heavy atom. The molecule has 6 heteroatoms. The van der Waals surface area contributed by atoms with E-state index in [-0.39, 0.29) is 11.9 Å². The third kappa shape index (κ3) is 2.23. The van der Waals surface area contributed by atoms with Crippen LogP contribution in [0.3, 0.4) is 0 Å². The van der Waals surface area contributed by atoms with Crippen LogP contribution >= 0.6 is 27.3 Å². The number of nitrogens with zero attached hydrogens (tertiary/aromatic N) is 1. The van der Waals surface area contributed by atoms with Gasteiger partial charge in [-0.1, -0.05) is 0 Å². The highest BCUT2D eigenvalue weighted by Gasteiger charge is 2.26. The number of thiophene rings is 1. The van der Waals surface area contributed by atoms with Crippen molar-refractivity contribution in [1.82, 2.24) is 4.90 Å². The molecule has 1 saturated heterocycles. The summed E-state index contributed by atoms with van der Waals surface area (Å²) in [4.78, 5) is 14.6. The molecule has 0 bridgehead atoms. The number of rotatable bonds is 2. The first-order chi connectivity index (χ1) is 7.61. The van der Waals surface area contributed by atoms with Gasteiger partial charge in [0.2, 0.25) is 0 Å². The van der Waals surface area contributed by atoms with E-state index in [9.17, 15) is 4.79 Å². The molecule has 1 fully saturated rings. The lowest BCUT2D eigenvalue weighted by atomic mass is 10.3. The second kappa shape index (κ2) is 4.73. The second-order valence-electron chi connectivity index (χ2n) is 3.75. The van der Waals surface area contributed by atoms with Crippen molar-refractivity contribution in [2.75, 3.05) is 20.2 Å². The van der Waals surface area contributed by atoms with E-state index >= 15 is 0 Å². The van der Waals surface area contributed by atoms with Gasteiger partial charge in [0.25, 0.3) is 5.91 Å². The zero-order chi connectivity index (χ0) is 11.7. The topological polar surface area (TPSA) is 55.6 Å². The van der Waals surface area contributed by atoms with E-state index in [1.807, 2.05) is 0 Å². The number of ether oxygens (including phenoxy) is 1. The van der Waals surface area contributed by atoms with Crippen LogP contribution in [0.5, 0.6) is 5.75 Å². The van der Waals surface area contributed by atoms with Crippen molar-refractivity contribution in [2.45, 2.75) is 12.5 Å². The number of carbonyl (C=O) groups is 1. The minimum absolute atomic E-state index is 0.0435. The van der Waals surface area contributed by atoms with Crippen LogP contribution in [0.4, 0.5) is 0 Å². The molecule has 0 spiro atoms. The molecule has 1 atom stereocenters. The molecule has 0 aromatic carbocycles. The normalized spacial score (nSPS) is 20.2. The van der Waals surface area contributed by atoms with Gasteiger partial charge < -0.3 is 15.4 Å². The van der Waals surface area contributed by atoms with E-state index in [4.69, 9.17) is 10.5 Å². The molecular formula is C10H13BrN2O2S. The number of amides is 1. The average molecular weight is 305 g/mol. The molecule has 0 radical (unpaired) electrons. The molecule has 88 valence electrons. The van der Waals surface area contributed by atoms with Gasteiger partial charge in [-0.05, 0) is 22.4 Å². The Balaban J connectivity index is 2.14. The van der Waals surface area contributed by atoms with E-state index in [0.717, 1.165) is 16.8 Å². The van der Waals surface area contributed by atoms with E-state index in [2.05, 4.69) is 15.9 Å². The summed E-state index contributed by atoms with van der Waals surface area (Å²) >= 11 is 4.76. The molecule has 0 unspecified atom stereocenters. The largest absolute Gasteiger partial charge is 0.495 e. The summed E-state index contributed by atoms with van der Waals surface area (Å²) in [6.45, 7) is 1.40. The predicted octanol–water partition coefficient (Wildman–Crippen LogP) is 1.69. The zero-order valence-electron chi connectivity index (χ0n) is 8.90. The third-order valence-electron chi connectivity index (χ3n) is 2.60. The minimum atomic E-state index is 0.0435. The smallest absolute Gasteiger partial charge is 0.264 e. The number of methoxy groups -OCH3 is 1. The summed E-state index contributed by atoms with van der Waals surface area (Å²) in [7, 11) is 1.59. The fraction of sp³-hybridized carbons (Fsp3) is 0.500. The van der Waals surface area contributed by atoms with E-state index in [1.54, 1.807) is 18.1 Å². The molecule has 1 amide bonds. The summed E-state index contributed by atoms with van der Waals surface area (Å²) in [5, 5.41) is 0. The molecule has 1 aliphatic rings. The standard InChI is InChI=1S/C10H13BrN2O2S/c1-15-7-4-8(16-9(7)11)10(14)13-3-2-6(12)5-13/h4,6H,2-3,5,12H2,1H3/t6-/m1/s1. The van der Waals surface area contributed by atoms with Gasteiger partial charge in [0.05, 0.1) is 12.0 Å². The van der Waals surface area contributed by atoms with Gasteiger partial charge in [0.15, 0.2) is 0 Å². The maximum Gasteiger partial charge on any atom is 0.264 e. The Labute approximate surface area is 106 Å². The number of likely N-dealkylation sites (tertiary alicyclic amines) is 1. The SMILES string of the molecule is COc1cc(C(=O)N2CC[C@@H](N)C2)sc1Br. The van der Waals surface area contributed by atoms with Crippen LogP contribution in [-0.2, 0) is 0 Å². The molecule has 1 aliphatic heterocycles. The van der Waals surface area contributed by atoms with Gasteiger partial charge in [-0.2, -0.15) is 0 Å². The highest BCUT2D eigenvalue weighted by atomic mass is 79.9. The molecule has 2 N–H and O–H groups in total. The first-order valence-electron chi connectivity index (χ1n) is 5.00. The average Bonchev–Trinajstić information content (AvgIpc) is 2.83. The maximum atomic E-state index is 12.1. The minimum Gasteiger partial charge on any atom is -0.495 e. The Morgan fingerprint density at radius 3 is 3.00 bits per heavy atom. The fourth-order valence-electron chi connectivity index (χ4n) is 1.72. The Kier molecular flexibility index (Phi) is 3.51. The molecule has 2 rings (SSSR count). The summed E-state index contributed by atoms with van der Waals surface area (Å²) in [5.74, 6) is 0.749. The molecule has 1 aromatic heterocycles. The number of nitrogens with two attached hydrogens (primary N) is 1. The van der Waals surface area contributed by atoms with E-state index in [0.29, 0.717) is 17.2 Å².